The van der Waals surface area contributed by atoms with Crippen molar-refractivity contribution >= 4 is 11.8 Å². The van der Waals surface area contributed by atoms with Gasteiger partial charge in [-0.25, -0.2) is 8.78 Å². The molecule has 1 unspecified atom stereocenters. The van der Waals surface area contributed by atoms with E-state index in [9.17, 15) is 8.78 Å². The molecule has 0 saturated heterocycles. The van der Waals surface area contributed by atoms with Gasteiger partial charge >= 0.3 is 0 Å². The molecule has 1 nitrogen and oxygen atoms in total. The Hall–Kier alpha value is -1.39. The van der Waals surface area contributed by atoms with Gasteiger partial charge in [-0.05, 0) is 49.4 Å². The molecule has 20 heavy (non-hydrogen) atoms. The number of benzene rings is 2. The van der Waals surface area contributed by atoms with Crippen LogP contribution in [0.2, 0.25) is 0 Å². The van der Waals surface area contributed by atoms with Crippen molar-refractivity contribution in [2.75, 3.05) is 7.05 Å². The van der Waals surface area contributed by atoms with Crippen LogP contribution in [0.5, 0.6) is 0 Å². The summed E-state index contributed by atoms with van der Waals surface area (Å²) in [5, 5.41) is 3.18. The van der Waals surface area contributed by atoms with Crippen LogP contribution in [0.15, 0.2) is 47.4 Å². The van der Waals surface area contributed by atoms with Gasteiger partial charge in [-0.15, -0.1) is 11.8 Å². The second kappa shape index (κ2) is 6.86. The van der Waals surface area contributed by atoms with E-state index < -0.39 is 11.6 Å². The molecule has 0 aromatic heterocycles. The van der Waals surface area contributed by atoms with Gasteiger partial charge in [-0.1, -0.05) is 12.1 Å². The van der Waals surface area contributed by atoms with Crippen molar-refractivity contribution in [1.82, 2.24) is 5.32 Å². The third-order valence-corrected chi connectivity index (χ3v) is 4.22. The lowest BCUT2D eigenvalue weighted by Gasteiger charge is -2.11. The van der Waals surface area contributed by atoms with E-state index in [0.29, 0.717) is 17.4 Å². The molecule has 1 N–H and O–H groups in total. The number of rotatable bonds is 5. The maximum Gasteiger partial charge on any atom is 0.126 e. The monoisotopic (exact) mass is 293 g/mol. The molecule has 0 saturated carbocycles. The molecule has 0 fully saturated rings. The fourth-order valence-electron chi connectivity index (χ4n) is 1.88. The zero-order valence-electron chi connectivity index (χ0n) is 11.5. The molecule has 0 bridgehead atoms. The molecule has 0 aliphatic carbocycles. The Balaban J connectivity index is 2.00. The quantitative estimate of drug-likeness (QED) is 0.812. The van der Waals surface area contributed by atoms with Crippen LogP contribution < -0.4 is 5.32 Å². The molecular weight excluding hydrogens is 276 g/mol. The minimum atomic E-state index is -0.529. The predicted octanol–water partition coefficient (Wildman–Crippen LogP) is 4.54. The lowest BCUT2D eigenvalue weighted by molar-refractivity contribution is 0.581. The zero-order valence-corrected chi connectivity index (χ0v) is 12.3. The Morgan fingerprint density at radius 3 is 2.20 bits per heavy atom. The summed E-state index contributed by atoms with van der Waals surface area (Å²) < 4.78 is 26.2. The van der Waals surface area contributed by atoms with Crippen LogP contribution in [0.25, 0.3) is 0 Å². The largest absolute Gasteiger partial charge is 0.313 e. The van der Waals surface area contributed by atoms with E-state index in [4.69, 9.17) is 0 Å². The van der Waals surface area contributed by atoms with Gasteiger partial charge in [-0.3, -0.25) is 0 Å². The van der Waals surface area contributed by atoms with E-state index in [1.807, 2.05) is 19.2 Å². The second-order valence-electron chi connectivity index (χ2n) is 4.65. The van der Waals surface area contributed by atoms with Crippen LogP contribution in [0.4, 0.5) is 8.78 Å². The summed E-state index contributed by atoms with van der Waals surface area (Å²) in [5.74, 6) is -0.507. The number of thioether (sulfide) groups is 1. The molecular formula is C16H17F2NS. The highest BCUT2D eigenvalue weighted by molar-refractivity contribution is 7.98. The van der Waals surface area contributed by atoms with Gasteiger partial charge in [-0.2, -0.15) is 0 Å². The van der Waals surface area contributed by atoms with E-state index in [-0.39, 0.29) is 0 Å². The van der Waals surface area contributed by atoms with E-state index in [2.05, 4.69) is 24.4 Å². The van der Waals surface area contributed by atoms with Gasteiger partial charge < -0.3 is 5.32 Å². The summed E-state index contributed by atoms with van der Waals surface area (Å²) in [7, 11) is 1.92. The lowest BCUT2D eigenvalue weighted by atomic mass is 10.1. The van der Waals surface area contributed by atoms with Crippen LogP contribution in [-0.4, -0.2) is 7.05 Å². The smallest absolute Gasteiger partial charge is 0.126 e. The molecule has 2 aromatic rings. The highest BCUT2D eigenvalue weighted by atomic mass is 32.2. The molecule has 0 radical (unpaired) electrons. The van der Waals surface area contributed by atoms with Gasteiger partial charge in [0.05, 0.1) is 0 Å². The van der Waals surface area contributed by atoms with Crippen molar-refractivity contribution in [2.24, 2.45) is 0 Å². The van der Waals surface area contributed by atoms with E-state index >= 15 is 0 Å². The Morgan fingerprint density at radius 1 is 1.05 bits per heavy atom. The summed E-state index contributed by atoms with van der Waals surface area (Å²) in [6.45, 7) is 2.09. The first-order chi connectivity index (χ1) is 9.58. The summed E-state index contributed by atoms with van der Waals surface area (Å²) in [6, 6.07) is 12.1. The lowest BCUT2D eigenvalue weighted by Crippen LogP contribution is -2.11. The number of nitrogens with one attached hydrogen (secondary N) is 1. The number of hydrogen-bond acceptors (Lipinski definition) is 2. The van der Waals surface area contributed by atoms with Crippen LogP contribution >= 0.6 is 11.8 Å². The molecule has 1 atom stereocenters. The third-order valence-electron chi connectivity index (χ3n) is 3.14. The molecule has 2 aromatic carbocycles. The first-order valence-corrected chi connectivity index (χ1v) is 7.42. The maximum absolute atomic E-state index is 13.1. The summed E-state index contributed by atoms with van der Waals surface area (Å²) >= 11 is 1.57. The van der Waals surface area contributed by atoms with Crippen LogP contribution in [0.1, 0.15) is 24.1 Å². The average molecular weight is 293 g/mol. The molecule has 4 heteroatoms. The topological polar surface area (TPSA) is 12.0 Å². The third kappa shape index (κ3) is 4.05. The predicted molar refractivity (Wildman–Crippen MR) is 79.8 cm³/mol. The summed E-state index contributed by atoms with van der Waals surface area (Å²) in [6.07, 6.45) is 0. The fraction of sp³-hybridized carbons (Fsp3) is 0.250. The van der Waals surface area contributed by atoms with Crippen molar-refractivity contribution in [3.63, 3.8) is 0 Å². The summed E-state index contributed by atoms with van der Waals surface area (Å²) in [4.78, 5) is 1.08. The van der Waals surface area contributed by atoms with Gasteiger partial charge in [0, 0.05) is 22.8 Å². The van der Waals surface area contributed by atoms with E-state index in [0.717, 1.165) is 11.0 Å². The molecule has 0 aliphatic rings. The van der Waals surface area contributed by atoms with Crippen molar-refractivity contribution in [2.45, 2.75) is 23.6 Å². The number of halogens is 2. The van der Waals surface area contributed by atoms with Crippen molar-refractivity contribution in [3.05, 3.63) is 65.2 Å². The molecule has 0 aliphatic heterocycles. The Labute approximate surface area is 122 Å². The molecule has 0 heterocycles. The van der Waals surface area contributed by atoms with Crippen LogP contribution in [0.3, 0.4) is 0 Å². The molecule has 0 spiro atoms. The van der Waals surface area contributed by atoms with Crippen LogP contribution in [-0.2, 0) is 5.75 Å². The Kier molecular flexibility index (Phi) is 5.15. The normalized spacial score (nSPS) is 12.4. The Morgan fingerprint density at radius 2 is 1.65 bits per heavy atom. The first kappa shape index (κ1) is 15.0. The SMILES string of the molecule is CNC(C)c1ccc(SCc2cc(F)cc(F)c2)cc1. The molecule has 0 amide bonds. The first-order valence-electron chi connectivity index (χ1n) is 6.43. The highest BCUT2D eigenvalue weighted by Gasteiger charge is 2.04. The van der Waals surface area contributed by atoms with E-state index in [1.54, 1.807) is 11.8 Å². The summed E-state index contributed by atoms with van der Waals surface area (Å²) in [5.41, 5.74) is 1.87. The number of hydrogen-bond donors (Lipinski definition) is 1. The molecule has 106 valence electrons. The standard InChI is InChI=1S/C16H17F2NS/c1-11(19-2)13-3-5-16(6-4-13)20-10-12-7-14(17)9-15(18)8-12/h3-9,11,19H,10H2,1-2H3. The van der Waals surface area contributed by atoms with Crippen molar-refractivity contribution in [1.29, 1.82) is 0 Å². The van der Waals surface area contributed by atoms with Gasteiger partial charge in [0.2, 0.25) is 0 Å². The van der Waals surface area contributed by atoms with Crippen LogP contribution in [0, 0.1) is 11.6 Å². The maximum atomic E-state index is 13.1. The van der Waals surface area contributed by atoms with Crippen molar-refractivity contribution < 1.29 is 8.78 Å². The zero-order chi connectivity index (χ0) is 14.5. The van der Waals surface area contributed by atoms with Gasteiger partial charge in [0.1, 0.15) is 11.6 Å². The Bertz CT molecular complexity index is 549. The minimum absolute atomic E-state index is 0.311. The highest BCUT2D eigenvalue weighted by Crippen LogP contribution is 2.25. The van der Waals surface area contributed by atoms with Crippen molar-refractivity contribution in [3.8, 4) is 0 Å². The van der Waals surface area contributed by atoms with Gasteiger partial charge in [0.15, 0.2) is 0 Å². The van der Waals surface area contributed by atoms with E-state index in [1.165, 1.54) is 17.7 Å². The fourth-order valence-corrected chi connectivity index (χ4v) is 2.71. The average Bonchev–Trinajstić information content (AvgIpc) is 2.44. The van der Waals surface area contributed by atoms with Gasteiger partial charge in [0.25, 0.3) is 0 Å². The minimum Gasteiger partial charge on any atom is -0.313 e. The molecule has 2 rings (SSSR count). The second-order valence-corrected chi connectivity index (χ2v) is 5.69.